The molecule has 0 aliphatic carbocycles. The molecular weight excluding hydrogens is 452 g/mol. The Labute approximate surface area is 186 Å². The van der Waals surface area contributed by atoms with Gasteiger partial charge in [0.05, 0.1) is 22.1 Å². The summed E-state index contributed by atoms with van der Waals surface area (Å²) in [6.07, 6.45) is 0. The highest BCUT2D eigenvalue weighted by Gasteiger charge is 2.18. The predicted molar refractivity (Wildman–Crippen MR) is 120 cm³/mol. The van der Waals surface area contributed by atoms with Crippen molar-refractivity contribution in [2.75, 3.05) is 0 Å². The maximum atomic E-state index is 10.9. The zero-order valence-electron chi connectivity index (χ0n) is 14.8. The van der Waals surface area contributed by atoms with Crippen LogP contribution in [-0.2, 0) is 6.54 Å². The number of para-hydroxylation sites is 1. The summed E-state index contributed by atoms with van der Waals surface area (Å²) < 4.78 is 1.73. The maximum absolute atomic E-state index is 10.9. The Morgan fingerprint density at radius 1 is 0.759 bits per heavy atom. The summed E-state index contributed by atoms with van der Waals surface area (Å²) in [4.78, 5) is 0. The van der Waals surface area contributed by atoms with E-state index < -0.39 is 0 Å². The first-order valence-corrected chi connectivity index (χ1v) is 10.1. The third kappa shape index (κ3) is 3.94. The molecule has 0 spiro atoms. The van der Waals surface area contributed by atoms with Crippen LogP contribution in [-0.4, -0.2) is 9.67 Å². The highest BCUT2D eigenvalue weighted by molar-refractivity contribution is 6.41. The zero-order valence-corrected chi connectivity index (χ0v) is 17.8. The molecule has 3 aromatic carbocycles. The van der Waals surface area contributed by atoms with Gasteiger partial charge in [-0.25, -0.2) is 0 Å². The van der Waals surface area contributed by atoms with E-state index in [2.05, 4.69) is 10.2 Å². The second-order valence-corrected chi connectivity index (χ2v) is 7.94. The molecule has 0 fully saturated rings. The Hall–Kier alpha value is -2.24. The fourth-order valence-electron chi connectivity index (χ4n) is 3.06. The lowest BCUT2D eigenvalue weighted by Crippen LogP contribution is -1.99. The Balaban J connectivity index is 1.82. The molecule has 1 N–H and O–H groups in total. The minimum absolute atomic E-state index is 0.0314. The number of halogens is 4. The Morgan fingerprint density at radius 2 is 1.38 bits per heavy atom. The van der Waals surface area contributed by atoms with Crippen molar-refractivity contribution < 1.29 is 5.11 Å². The number of rotatable bonds is 4. The van der Waals surface area contributed by atoms with Crippen molar-refractivity contribution >= 4 is 68.7 Å². The van der Waals surface area contributed by atoms with Gasteiger partial charge in [0, 0.05) is 15.4 Å². The van der Waals surface area contributed by atoms with Gasteiger partial charge in [-0.1, -0.05) is 82.8 Å². The molecule has 0 amide bonds. The van der Waals surface area contributed by atoms with Crippen LogP contribution in [0.3, 0.4) is 0 Å². The van der Waals surface area contributed by atoms with Crippen molar-refractivity contribution in [3.05, 3.63) is 86.3 Å². The van der Waals surface area contributed by atoms with Gasteiger partial charge in [-0.05, 0) is 29.8 Å². The lowest BCUT2D eigenvalue weighted by molar-refractivity contribution is 0.429. The van der Waals surface area contributed by atoms with E-state index in [9.17, 15) is 5.11 Å². The average molecular weight is 465 g/mol. The topological polar surface area (TPSA) is 49.9 Å². The summed E-state index contributed by atoms with van der Waals surface area (Å²) in [6, 6.07) is 18.0. The van der Waals surface area contributed by atoms with E-state index >= 15 is 0 Å². The van der Waals surface area contributed by atoms with Crippen LogP contribution in [0.25, 0.3) is 10.9 Å². The maximum Gasteiger partial charge on any atom is 0.221 e. The summed E-state index contributed by atoms with van der Waals surface area (Å²) >= 11 is 24.6. The summed E-state index contributed by atoms with van der Waals surface area (Å²) in [6.45, 7) is 0.379. The van der Waals surface area contributed by atoms with Crippen molar-refractivity contribution in [3.63, 3.8) is 0 Å². The second-order valence-electron chi connectivity index (χ2n) is 6.28. The van der Waals surface area contributed by atoms with E-state index in [-0.39, 0.29) is 21.6 Å². The molecule has 4 nitrogen and oxygen atoms in total. The summed E-state index contributed by atoms with van der Waals surface area (Å²) in [5, 5.41) is 21.6. The Morgan fingerprint density at radius 3 is 2.10 bits per heavy atom. The lowest BCUT2D eigenvalue weighted by atomic mass is 10.2. The molecule has 1 heterocycles. The van der Waals surface area contributed by atoms with Crippen LogP contribution in [0.15, 0.2) is 70.9 Å². The van der Waals surface area contributed by atoms with Gasteiger partial charge in [-0.15, -0.1) is 10.2 Å². The number of aromatic nitrogens is 1. The van der Waals surface area contributed by atoms with Crippen molar-refractivity contribution in [1.82, 2.24) is 4.57 Å². The first-order chi connectivity index (χ1) is 14.0. The monoisotopic (exact) mass is 463 g/mol. The van der Waals surface area contributed by atoms with E-state index in [0.717, 1.165) is 16.5 Å². The molecule has 1 aromatic heterocycles. The summed E-state index contributed by atoms with van der Waals surface area (Å²) in [7, 11) is 0. The number of hydrogen-bond donors (Lipinski definition) is 1. The van der Waals surface area contributed by atoms with E-state index in [4.69, 9.17) is 46.4 Å². The molecule has 0 aliphatic rings. The van der Waals surface area contributed by atoms with Crippen molar-refractivity contribution in [1.29, 1.82) is 0 Å². The van der Waals surface area contributed by atoms with Gasteiger partial charge in [0.15, 0.2) is 5.69 Å². The number of fused-ring (bicyclic) bond motifs is 1. The van der Waals surface area contributed by atoms with Crippen molar-refractivity contribution in [3.8, 4) is 5.88 Å². The van der Waals surface area contributed by atoms with Gasteiger partial charge in [0.1, 0.15) is 5.69 Å². The Kier molecular flexibility index (Phi) is 5.70. The second kappa shape index (κ2) is 8.25. The lowest BCUT2D eigenvalue weighted by Gasteiger charge is -2.08. The van der Waals surface area contributed by atoms with Gasteiger partial charge in [0.25, 0.3) is 0 Å². The van der Waals surface area contributed by atoms with E-state index in [1.165, 1.54) is 12.1 Å². The first kappa shape index (κ1) is 20.0. The fraction of sp³-hybridized carbons (Fsp3) is 0.0476. The molecule has 0 radical (unpaired) electrons. The van der Waals surface area contributed by atoms with Crippen LogP contribution in [0.5, 0.6) is 5.88 Å². The highest BCUT2D eigenvalue weighted by Crippen LogP contribution is 2.42. The van der Waals surface area contributed by atoms with Gasteiger partial charge < -0.3 is 9.67 Å². The van der Waals surface area contributed by atoms with Crippen LogP contribution >= 0.6 is 46.4 Å². The third-order valence-electron chi connectivity index (χ3n) is 4.44. The van der Waals surface area contributed by atoms with Crippen LogP contribution in [0.2, 0.25) is 20.1 Å². The van der Waals surface area contributed by atoms with Gasteiger partial charge in [-0.2, -0.15) is 0 Å². The third-order valence-corrected chi connectivity index (χ3v) is 5.60. The Bertz CT molecular complexity index is 1230. The molecule has 0 bridgehead atoms. The first-order valence-electron chi connectivity index (χ1n) is 8.55. The van der Waals surface area contributed by atoms with Crippen LogP contribution < -0.4 is 0 Å². The molecule has 4 aromatic rings. The average Bonchev–Trinajstić information content (AvgIpc) is 2.94. The fourth-order valence-corrected chi connectivity index (χ4v) is 4.15. The minimum Gasteiger partial charge on any atom is -0.493 e. The number of aromatic hydroxyl groups is 1. The minimum atomic E-state index is -0.0314. The predicted octanol–water partition coefficient (Wildman–Crippen LogP) is 8.42. The van der Waals surface area contributed by atoms with E-state index in [1.807, 2.05) is 48.5 Å². The smallest absolute Gasteiger partial charge is 0.221 e. The van der Waals surface area contributed by atoms with Gasteiger partial charge in [0.2, 0.25) is 5.88 Å². The summed E-state index contributed by atoms with van der Waals surface area (Å²) in [5.41, 5.74) is 2.26. The van der Waals surface area contributed by atoms with Crippen LogP contribution in [0.1, 0.15) is 5.56 Å². The highest BCUT2D eigenvalue weighted by atomic mass is 35.5. The molecule has 0 unspecified atom stereocenters. The van der Waals surface area contributed by atoms with Crippen molar-refractivity contribution in [2.24, 2.45) is 10.2 Å². The normalized spacial score (nSPS) is 11.6. The van der Waals surface area contributed by atoms with E-state index in [1.54, 1.807) is 4.57 Å². The van der Waals surface area contributed by atoms with Crippen LogP contribution in [0.4, 0.5) is 11.4 Å². The molecule has 0 aliphatic heterocycles. The molecule has 146 valence electrons. The van der Waals surface area contributed by atoms with Gasteiger partial charge >= 0.3 is 0 Å². The van der Waals surface area contributed by atoms with Crippen LogP contribution in [0, 0.1) is 0 Å². The standard InChI is InChI=1S/C21H13Cl4N3O/c22-13-9-16(24)20(17(25)10-13)27-26-19-14-6-2-4-8-18(14)28(21(19)29)11-12-5-1-3-7-15(12)23/h1-10,29H,11H2. The molecule has 8 heteroatoms. The quantitative estimate of drug-likeness (QED) is 0.302. The summed E-state index contributed by atoms with van der Waals surface area (Å²) in [5.74, 6) is -0.0314. The van der Waals surface area contributed by atoms with E-state index in [0.29, 0.717) is 22.3 Å². The molecule has 4 rings (SSSR count). The number of nitrogens with zero attached hydrogens (tertiary/aromatic N) is 3. The molecule has 0 saturated carbocycles. The molecule has 0 atom stereocenters. The zero-order chi connectivity index (χ0) is 20.5. The number of azo groups is 1. The largest absolute Gasteiger partial charge is 0.493 e. The molecular formula is C21H13Cl4N3O. The van der Waals surface area contributed by atoms with Gasteiger partial charge in [-0.3, -0.25) is 0 Å². The van der Waals surface area contributed by atoms with Crippen molar-refractivity contribution in [2.45, 2.75) is 6.54 Å². The number of hydrogen-bond acceptors (Lipinski definition) is 3. The molecule has 29 heavy (non-hydrogen) atoms. The number of benzene rings is 3. The SMILES string of the molecule is Oc1c(N=Nc2c(Cl)cc(Cl)cc2Cl)c2ccccc2n1Cc1ccccc1Cl. The molecule has 0 saturated heterocycles.